The SMILES string of the molecule is Cc1cccc(CN(CCN)c2cccc(Cl)c2)c1. The highest BCUT2D eigenvalue weighted by molar-refractivity contribution is 6.30. The number of nitrogens with zero attached hydrogens (tertiary/aromatic N) is 1. The smallest absolute Gasteiger partial charge is 0.0430 e. The van der Waals surface area contributed by atoms with Crippen molar-refractivity contribution in [2.75, 3.05) is 18.0 Å². The quantitative estimate of drug-likeness (QED) is 0.902. The van der Waals surface area contributed by atoms with Gasteiger partial charge in [-0.15, -0.1) is 0 Å². The van der Waals surface area contributed by atoms with E-state index in [-0.39, 0.29) is 0 Å². The molecule has 0 radical (unpaired) electrons. The highest BCUT2D eigenvalue weighted by Crippen LogP contribution is 2.21. The third kappa shape index (κ3) is 3.98. The van der Waals surface area contributed by atoms with Crippen molar-refractivity contribution in [1.82, 2.24) is 0 Å². The van der Waals surface area contributed by atoms with E-state index in [0.717, 1.165) is 23.8 Å². The average Bonchev–Trinajstić information content (AvgIpc) is 2.38. The number of benzene rings is 2. The molecule has 0 bridgehead atoms. The Hall–Kier alpha value is -1.51. The highest BCUT2D eigenvalue weighted by Gasteiger charge is 2.07. The lowest BCUT2D eigenvalue weighted by Gasteiger charge is -2.24. The first-order chi connectivity index (χ1) is 9.19. The molecule has 0 aliphatic carbocycles. The average molecular weight is 275 g/mol. The van der Waals surface area contributed by atoms with E-state index in [1.165, 1.54) is 11.1 Å². The summed E-state index contributed by atoms with van der Waals surface area (Å²) in [5.41, 5.74) is 9.38. The molecular formula is C16H19ClN2. The van der Waals surface area contributed by atoms with Gasteiger partial charge in [0, 0.05) is 30.3 Å². The van der Waals surface area contributed by atoms with Gasteiger partial charge in [0.05, 0.1) is 0 Å². The molecule has 0 amide bonds. The van der Waals surface area contributed by atoms with Crippen molar-refractivity contribution in [3.63, 3.8) is 0 Å². The molecule has 2 aromatic rings. The Labute approximate surface area is 119 Å². The molecule has 0 spiro atoms. The monoisotopic (exact) mass is 274 g/mol. The van der Waals surface area contributed by atoms with Gasteiger partial charge in [-0.05, 0) is 30.7 Å². The Balaban J connectivity index is 2.21. The predicted molar refractivity (Wildman–Crippen MR) is 82.7 cm³/mol. The molecule has 3 heteroatoms. The molecule has 0 aliphatic heterocycles. The summed E-state index contributed by atoms with van der Waals surface area (Å²) in [6.45, 7) is 4.39. The molecule has 0 saturated carbocycles. The molecule has 0 aliphatic rings. The summed E-state index contributed by atoms with van der Waals surface area (Å²) in [7, 11) is 0. The van der Waals surface area contributed by atoms with Gasteiger partial charge < -0.3 is 10.6 Å². The summed E-state index contributed by atoms with van der Waals surface area (Å²) in [5, 5.41) is 0.753. The second-order valence-electron chi connectivity index (χ2n) is 4.68. The lowest BCUT2D eigenvalue weighted by molar-refractivity contribution is 0.789. The molecule has 0 heterocycles. The molecule has 2 aromatic carbocycles. The third-order valence-electron chi connectivity index (χ3n) is 3.03. The Morgan fingerprint density at radius 1 is 1.11 bits per heavy atom. The molecule has 0 fully saturated rings. The minimum absolute atomic E-state index is 0.623. The summed E-state index contributed by atoms with van der Waals surface area (Å²) in [4.78, 5) is 2.25. The molecule has 2 nitrogen and oxygen atoms in total. The minimum Gasteiger partial charge on any atom is -0.366 e. The minimum atomic E-state index is 0.623. The highest BCUT2D eigenvalue weighted by atomic mass is 35.5. The van der Waals surface area contributed by atoms with E-state index in [4.69, 9.17) is 17.3 Å². The van der Waals surface area contributed by atoms with Crippen LogP contribution in [0.15, 0.2) is 48.5 Å². The van der Waals surface area contributed by atoms with Crippen LogP contribution in [0.5, 0.6) is 0 Å². The Bertz CT molecular complexity index is 540. The maximum atomic E-state index is 6.06. The van der Waals surface area contributed by atoms with Gasteiger partial charge in [-0.2, -0.15) is 0 Å². The van der Waals surface area contributed by atoms with E-state index in [9.17, 15) is 0 Å². The number of nitrogens with two attached hydrogens (primary N) is 1. The molecule has 0 atom stereocenters. The van der Waals surface area contributed by atoms with E-state index in [1.807, 2.05) is 18.2 Å². The zero-order valence-corrected chi connectivity index (χ0v) is 11.9. The molecule has 19 heavy (non-hydrogen) atoms. The van der Waals surface area contributed by atoms with Crippen LogP contribution in [0, 0.1) is 6.92 Å². The lowest BCUT2D eigenvalue weighted by atomic mass is 10.1. The van der Waals surface area contributed by atoms with E-state index in [1.54, 1.807) is 0 Å². The number of hydrogen-bond acceptors (Lipinski definition) is 2. The van der Waals surface area contributed by atoms with Crippen molar-refractivity contribution in [1.29, 1.82) is 0 Å². The second kappa shape index (κ2) is 6.60. The molecule has 2 rings (SSSR count). The van der Waals surface area contributed by atoms with Gasteiger partial charge in [-0.1, -0.05) is 47.5 Å². The number of halogens is 1. The van der Waals surface area contributed by atoms with Crippen LogP contribution < -0.4 is 10.6 Å². The van der Waals surface area contributed by atoms with E-state index >= 15 is 0 Å². The van der Waals surface area contributed by atoms with E-state index < -0.39 is 0 Å². The van der Waals surface area contributed by atoms with Crippen LogP contribution >= 0.6 is 11.6 Å². The molecule has 0 aromatic heterocycles. The van der Waals surface area contributed by atoms with Crippen LogP contribution in [0.3, 0.4) is 0 Å². The van der Waals surface area contributed by atoms with Crippen molar-refractivity contribution in [3.05, 3.63) is 64.7 Å². The topological polar surface area (TPSA) is 29.3 Å². The fraction of sp³-hybridized carbons (Fsp3) is 0.250. The van der Waals surface area contributed by atoms with Crippen LogP contribution in [0.25, 0.3) is 0 Å². The van der Waals surface area contributed by atoms with Gasteiger partial charge in [0.1, 0.15) is 0 Å². The number of anilines is 1. The first kappa shape index (κ1) is 13.9. The number of hydrogen-bond donors (Lipinski definition) is 1. The summed E-state index contributed by atoms with van der Waals surface area (Å²) >= 11 is 6.06. The van der Waals surface area contributed by atoms with Gasteiger partial charge in [0.15, 0.2) is 0 Å². The van der Waals surface area contributed by atoms with Gasteiger partial charge in [-0.3, -0.25) is 0 Å². The van der Waals surface area contributed by atoms with Crippen molar-refractivity contribution in [3.8, 4) is 0 Å². The van der Waals surface area contributed by atoms with E-state index in [2.05, 4.69) is 42.2 Å². The fourth-order valence-corrected chi connectivity index (χ4v) is 2.34. The first-order valence-electron chi connectivity index (χ1n) is 6.45. The summed E-state index contributed by atoms with van der Waals surface area (Å²) < 4.78 is 0. The third-order valence-corrected chi connectivity index (χ3v) is 3.26. The lowest BCUT2D eigenvalue weighted by Crippen LogP contribution is -2.28. The molecule has 0 saturated heterocycles. The number of rotatable bonds is 5. The second-order valence-corrected chi connectivity index (χ2v) is 5.12. The molecular weight excluding hydrogens is 256 g/mol. The summed E-state index contributed by atoms with van der Waals surface area (Å²) in [5.74, 6) is 0. The van der Waals surface area contributed by atoms with Gasteiger partial charge in [0.25, 0.3) is 0 Å². The molecule has 100 valence electrons. The number of aryl methyl sites for hydroxylation is 1. The summed E-state index contributed by atoms with van der Waals surface area (Å²) in [6, 6.07) is 16.4. The maximum Gasteiger partial charge on any atom is 0.0430 e. The fourth-order valence-electron chi connectivity index (χ4n) is 2.16. The Kier molecular flexibility index (Phi) is 4.83. The van der Waals surface area contributed by atoms with Crippen molar-refractivity contribution in [2.45, 2.75) is 13.5 Å². The van der Waals surface area contributed by atoms with Crippen LogP contribution in [0.1, 0.15) is 11.1 Å². The molecule has 0 unspecified atom stereocenters. The van der Waals surface area contributed by atoms with Crippen molar-refractivity contribution < 1.29 is 0 Å². The predicted octanol–water partition coefficient (Wildman–Crippen LogP) is 3.61. The van der Waals surface area contributed by atoms with Gasteiger partial charge >= 0.3 is 0 Å². The Morgan fingerprint density at radius 2 is 1.89 bits per heavy atom. The van der Waals surface area contributed by atoms with Crippen LogP contribution in [0.4, 0.5) is 5.69 Å². The van der Waals surface area contributed by atoms with Crippen molar-refractivity contribution in [2.24, 2.45) is 5.73 Å². The zero-order valence-electron chi connectivity index (χ0n) is 11.1. The maximum absolute atomic E-state index is 6.06. The standard InChI is InChI=1S/C16H19ClN2/c1-13-4-2-5-14(10-13)12-19(9-8-18)16-7-3-6-15(17)11-16/h2-7,10-11H,8-9,12,18H2,1H3. The van der Waals surface area contributed by atoms with Crippen LogP contribution in [-0.2, 0) is 6.54 Å². The summed E-state index contributed by atoms with van der Waals surface area (Å²) in [6.07, 6.45) is 0. The normalized spacial score (nSPS) is 10.5. The molecule has 2 N–H and O–H groups in total. The van der Waals surface area contributed by atoms with Gasteiger partial charge in [-0.25, -0.2) is 0 Å². The largest absolute Gasteiger partial charge is 0.366 e. The van der Waals surface area contributed by atoms with Crippen molar-refractivity contribution >= 4 is 17.3 Å². The first-order valence-corrected chi connectivity index (χ1v) is 6.83. The Morgan fingerprint density at radius 3 is 2.58 bits per heavy atom. The van der Waals surface area contributed by atoms with E-state index in [0.29, 0.717) is 6.54 Å². The zero-order chi connectivity index (χ0) is 13.7. The van der Waals surface area contributed by atoms with Crippen LogP contribution in [-0.4, -0.2) is 13.1 Å². The van der Waals surface area contributed by atoms with Crippen LogP contribution in [0.2, 0.25) is 5.02 Å². The van der Waals surface area contributed by atoms with Gasteiger partial charge in [0.2, 0.25) is 0 Å².